The highest BCUT2D eigenvalue weighted by Crippen LogP contribution is 2.47. The summed E-state index contributed by atoms with van der Waals surface area (Å²) in [4.78, 5) is 1.02. The fraction of sp³-hybridized carbons (Fsp3) is 0.733. The lowest BCUT2D eigenvalue weighted by atomic mass is 9.66. The highest BCUT2D eigenvalue weighted by atomic mass is 79.9. The number of fused-ring (bicyclic) bond motifs is 1. The van der Waals surface area contributed by atoms with E-state index in [9.17, 15) is 5.11 Å². The Hall–Kier alpha value is 0.430. The molecule has 1 heterocycles. The van der Waals surface area contributed by atoms with Gasteiger partial charge in [-0.1, -0.05) is 37.3 Å². The SMILES string of the molecule is OC(c1cc(Cl)c(Br)s1)C1CCC2CCCCC2C1. The number of aliphatic hydroxyl groups excluding tert-OH is 1. The minimum absolute atomic E-state index is 0.323. The Morgan fingerprint density at radius 1 is 1.21 bits per heavy atom. The van der Waals surface area contributed by atoms with Gasteiger partial charge < -0.3 is 5.11 Å². The van der Waals surface area contributed by atoms with E-state index in [-0.39, 0.29) is 6.10 Å². The molecule has 0 saturated heterocycles. The summed E-state index contributed by atoms with van der Waals surface area (Å²) in [6.07, 6.45) is 8.98. The Kier molecular flexibility index (Phi) is 4.57. The molecule has 19 heavy (non-hydrogen) atoms. The quantitative estimate of drug-likeness (QED) is 0.703. The third kappa shape index (κ3) is 3.04. The molecule has 0 aromatic carbocycles. The van der Waals surface area contributed by atoms with Gasteiger partial charge in [-0.25, -0.2) is 0 Å². The number of rotatable bonds is 2. The van der Waals surface area contributed by atoms with Crippen LogP contribution in [0, 0.1) is 17.8 Å². The predicted molar refractivity (Wildman–Crippen MR) is 84.8 cm³/mol. The van der Waals surface area contributed by atoms with E-state index in [2.05, 4.69) is 15.9 Å². The zero-order chi connectivity index (χ0) is 13.4. The van der Waals surface area contributed by atoms with Crippen LogP contribution in [-0.4, -0.2) is 5.11 Å². The molecule has 2 aliphatic rings. The summed E-state index contributed by atoms with van der Waals surface area (Å²) < 4.78 is 0.939. The Bertz CT molecular complexity index is 428. The lowest BCUT2D eigenvalue weighted by molar-refractivity contribution is 0.0368. The molecular formula is C15H20BrClOS. The Morgan fingerprint density at radius 3 is 2.63 bits per heavy atom. The fourth-order valence-corrected chi connectivity index (χ4v) is 5.76. The third-order valence-corrected chi connectivity index (χ3v) is 7.53. The van der Waals surface area contributed by atoms with Gasteiger partial charge in [-0.15, -0.1) is 11.3 Å². The number of halogens is 2. The van der Waals surface area contributed by atoms with E-state index in [1.165, 1.54) is 44.9 Å². The first-order valence-electron chi connectivity index (χ1n) is 7.28. The van der Waals surface area contributed by atoms with Gasteiger partial charge in [0.2, 0.25) is 0 Å². The maximum absolute atomic E-state index is 10.6. The lowest BCUT2D eigenvalue weighted by Crippen LogP contribution is -2.30. The summed E-state index contributed by atoms with van der Waals surface area (Å²) in [6.45, 7) is 0. The summed E-state index contributed by atoms with van der Waals surface area (Å²) in [5.74, 6) is 2.23. The van der Waals surface area contributed by atoms with E-state index in [0.29, 0.717) is 5.92 Å². The van der Waals surface area contributed by atoms with E-state index in [1.807, 2.05) is 6.07 Å². The molecule has 0 bridgehead atoms. The number of aliphatic hydroxyl groups is 1. The van der Waals surface area contributed by atoms with E-state index >= 15 is 0 Å². The topological polar surface area (TPSA) is 20.2 Å². The zero-order valence-electron chi connectivity index (χ0n) is 10.9. The van der Waals surface area contributed by atoms with Gasteiger partial charge in [0.15, 0.2) is 0 Å². The molecule has 0 aliphatic heterocycles. The van der Waals surface area contributed by atoms with Crippen molar-refractivity contribution in [2.75, 3.05) is 0 Å². The van der Waals surface area contributed by atoms with Crippen LogP contribution in [0.5, 0.6) is 0 Å². The molecule has 2 fully saturated rings. The van der Waals surface area contributed by atoms with Crippen molar-refractivity contribution >= 4 is 38.9 Å². The van der Waals surface area contributed by atoms with E-state index in [1.54, 1.807) is 11.3 Å². The van der Waals surface area contributed by atoms with Crippen LogP contribution in [0.15, 0.2) is 9.85 Å². The summed E-state index contributed by atoms with van der Waals surface area (Å²) >= 11 is 11.1. The van der Waals surface area contributed by atoms with Gasteiger partial charge in [-0.3, -0.25) is 0 Å². The van der Waals surface area contributed by atoms with Crippen molar-refractivity contribution in [3.05, 3.63) is 19.8 Å². The third-order valence-electron chi connectivity index (χ3n) is 4.98. The molecule has 0 spiro atoms. The molecule has 106 valence electrons. The molecule has 2 aliphatic carbocycles. The highest BCUT2D eigenvalue weighted by Gasteiger charge is 2.35. The van der Waals surface area contributed by atoms with Crippen LogP contribution in [-0.2, 0) is 0 Å². The van der Waals surface area contributed by atoms with Crippen molar-refractivity contribution in [1.29, 1.82) is 0 Å². The molecule has 4 atom stereocenters. The summed E-state index contributed by atoms with van der Waals surface area (Å²) in [5, 5.41) is 11.3. The van der Waals surface area contributed by atoms with Gasteiger partial charge in [-0.2, -0.15) is 0 Å². The van der Waals surface area contributed by atoms with E-state index in [4.69, 9.17) is 11.6 Å². The summed E-state index contributed by atoms with van der Waals surface area (Å²) in [6, 6.07) is 1.92. The van der Waals surface area contributed by atoms with Crippen LogP contribution in [0.4, 0.5) is 0 Å². The maximum Gasteiger partial charge on any atom is 0.0911 e. The van der Waals surface area contributed by atoms with Gasteiger partial charge in [0.05, 0.1) is 14.9 Å². The second-order valence-corrected chi connectivity index (χ2v) is 8.90. The van der Waals surface area contributed by atoms with Crippen molar-refractivity contribution in [2.45, 2.75) is 51.0 Å². The lowest BCUT2D eigenvalue weighted by Gasteiger charge is -2.40. The Labute approximate surface area is 132 Å². The van der Waals surface area contributed by atoms with E-state index in [0.717, 1.165) is 25.5 Å². The second-order valence-electron chi connectivity index (χ2n) is 6.09. The van der Waals surface area contributed by atoms with Crippen LogP contribution in [0.3, 0.4) is 0 Å². The van der Waals surface area contributed by atoms with Gasteiger partial charge in [-0.05, 0) is 59.0 Å². The predicted octanol–water partition coefficient (Wildman–Crippen LogP) is 5.80. The molecule has 1 N–H and O–H groups in total. The first-order chi connectivity index (χ1) is 9.15. The molecule has 2 saturated carbocycles. The molecule has 4 heteroatoms. The molecule has 4 unspecified atom stereocenters. The van der Waals surface area contributed by atoms with Gasteiger partial charge in [0.25, 0.3) is 0 Å². The van der Waals surface area contributed by atoms with Crippen LogP contribution >= 0.6 is 38.9 Å². The minimum Gasteiger partial charge on any atom is -0.387 e. The van der Waals surface area contributed by atoms with Crippen LogP contribution in [0.2, 0.25) is 5.02 Å². The van der Waals surface area contributed by atoms with Gasteiger partial charge in [0, 0.05) is 4.88 Å². The normalized spacial score (nSPS) is 32.9. The molecule has 1 nitrogen and oxygen atoms in total. The van der Waals surface area contributed by atoms with Crippen molar-refractivity contribution in [1.82, 2.24) is 0 Å². The summed E-state index contributed by atoms with van der Waals surface area (Å²) in [5.41, 5.74) is 0. The first-order valence-corrected chi connectivity index (χ1v) is 9.26. The van der Waals surface area contributed by atoms with Crippen molar-refractivity contribution in [3.8, 4) is 0 Å². The number of hydrogen-bond acceptors (Lipinski definition) is 2. The minimum atomic E-state index is -0.323. The fourth-order valence-electron chi connectivity index (χ4n) is 3.94. The molecule has 0 radical (unpaired) electrons. The largest absolute Gasteiger partial charge is 0.387 e. The van der Waals surface area contributed by atoms with Crippen molar-refractivity contribution < 1.29 is 5.11 Å². The zero-order valence-corrected chi connectivity index (χ0v) is 14.1. The van der Waals surface area contributed by atoms with Gasteiger partial charge in [0.1, 0.15) is 0 Å². The average molecular weight is 364 g/mol. The molecular weight excluding hydrogens is 344 g/mol. The Balaban J connectivity index is 1.68. The Morgan fingerprint density at radius 2 is 1.95 bits per heavy atom. The standard InChI is InChI=1S/C15H20BrClOS/c16-15-12(17)8-13(19-15)14(18)11-6-5-9-3-1-2-4-10(9)7-11/h8-11,14,18H,1-7H2. The number of hydrogen-bond donors (Lipinski definition) is 1. The van der Waals surface area contributed by atoms with E-state index < -0.39 is 0 Å². The van der Waals surface area contributed by atoms with Crippen LogP contribution in [0.1, 0.15) is 55.9 Å². The number of thiophene rings is 1. The summed E-state index contributed by atoms with van der Waals surface area (Å²) in [7, 11) is 0. The smallest absolute Gasteiger partial charge is 0.0911 e. The first kappa shape index (κ1) is 14.4. The van der Waals surface area contributed by atoms with Crippen molar-refractivity contribution in [3.63, 3.8) is 0 Å². The monoisotopic (exact) mass is 362 g/mol. The van der Waals surface area contributed by atoms with Crippen molar-refractivity contribution in [2.24, 2.45) is 17.8 Å². The molecule has 3 rings (SSSR count). The molecule has 1 aromatic heterocycles. The highest BCUT2D eigenvalue weighted by molar-refractivity contribution is 9.11. The average Bonchev–Trinajstić information content (AvgIpc) is 2.77. The van der Waals surface area contributed by atoms with Crippen LogP contribution < -0.4 is 0 Å². The second kappa shape index (κ2) is 6.05. The van der Waals surface area contributed by atoms with Gasteiger partial charge >= 0.3 is 0 Å². The maximum atomic E-state index is 10.6. The molecule has 0 amide bonds. The van der Waals surface area contributed by atoms with Crippen LogP contribution in [0.25, 0.3) is 0 Å². The molecule has 1 aromatic rings.